The van der Waals surface area contributed by atoms with E-state index < -0.39 is 5.91 Å². The lowest BCUT2D eigenvalue weighted by Crippen LogP contribution is -2.12. The first-order valence-electron chi connectivity index (χ1n) is 5.05. The number of carbonyl (C=O) groups is 1. The third-order valence-electron chi connectivity index (χ3n) is 2.20. The van der Waals surface area contributed by atoms with Crippen molar-refractivity contribution in [2.75, 3.05) is 5.73 Å². The molecule has 1 aromatic carbocycles. The van der Waals surface area contributed by atoms with Gasteiger partial charge in [0, 0.05) is 16.8 Å². The molecule has 18 heavy (non-hydrogen) atoms. The van der Waals surface area contributed by atoms with Gasteiger partial charge in [-0.2, -0.15) is 0 Å². The van der Waals surface area contributed by atoms with Gasteiger partial charge in [-0.15, -0.1) is 0 Å². The average Bonchev–Trinajstić information content (AvgIpc) is 2.34. The average molecular weight is 280 g/mol. The Balaban J connectivity index is 2.41. The number of amides is 1. The number of rotatable bonds is 3. The molecule has 0 saturated carbocycles. The lowest BCUT2D eigenvalue weighted by molar-refractivity contribution is 0.0997. The highest BCUT2D eigenvalue weighted by Gasteiger charge is 2.12. The van der Waals surface area contributed by atoms with Crippen LogP contribution in [0.25, 0.3) is 0 Å². The molecule has 0 aliphatic heterocycles. The third-order valence-corrected chi connectivity index (χ3v) is 3.71. The molecular weight excluding hydrogens is 270 g/mol. The normalized spacial score (nSPS) is 10.3. The fraction of sp³-hybridized carbons (Fsp3) is 0. The molecule has 0 spiro atoms. The van der Waals surface area contributed by atoms with Crippen LogP contribution in [-0.2, 0) is 0 Å². The van der Waals surface area contributed by atoms with Gasteiger partial charge in [0.2, 0.25) is 5.91 Å². The van der Waals surface area contributed by atoms with Crippen LogP contribution < -0.4 is 11.5 Å². The van der Waals surface area contributed by atoms with E-state index in [2.05, 4.69) is 4.98 Å². The number of nitrogens with zero attached hydrogens (tertiary/aromatic N) is 1. The molecule has 2 aromatic rings. The first-order valence-corrected chi connectivity index (χ1v) is 6.25. The minimum atomic E-state index is -0.531. The Morgan fingerprint density at radius 3 is 2.78 bits per heavy atom. The molecule has 0 atom stereocenters. The number of benzene rings is 1. The summed E-state index contributed by atoms with van der Waals surface area (Å²) >= 11 is 7.29. The molecule has 4 nitrogen and oxygen atoms in total. The summed E-state index contributed by atoms with van der Waals surface area (Å²) in [6.45, 7) is 0. The summed E-state index contributed by atoms with van der Waals surface area (Å²) in [6.07, 6.45) is 1.63. The summed E-state index contributed by atoms with van der Waals surface area (Å²) in [5, 5.41) is 1.14. The van der Waals surface area contributed by atoms with Crippen molar-refractivity contribution < 1.29 is 4.79 Å². The zero-order valence-corrected chi connectivity index (χ0v) is 10.8. The minimum absolute atomic E-state index is 0.363. The molecule has 0 aliphatic rings. The van der Waals surface area contributed by atoms with E-state index in [1.54, 1.807) is 36.5 Å². The van der Waals surface area contributed by atoms with Crippen LogP contribution in [0.1, 0.15) is 10.4 Å². The van der Waals surface area contributed by atoms with Gasteiger partial charge in [0.15, 0.2) is 0 Å². The maximum absolute atomic E-state index is 11.3. The number of halogens is 1. The second kappa shape index (κ2) is 5.29. The monoisotopic (exact) mass is 279 g/mol. The predicted octanol–water partition coefficient (Wildman–Crippen LogP) is 2.57. The number of aromatic nitrogens is 1. The van der Waals surface area contributed by atoms with Crippen LogP contribution in [0.4, 0.5) is 5.69 Å². The molecule has 1 aromatic heterocycles. The Morgan fingerprint density at radius 2 is 2.11 bits per heavy atom. The zero-order valence-electron chi connectivity index (χ0n) is 9.26. The van der Waals surface area contributed by atoms with E-state index in [1.807, 2.05) is 0 Å². The first kappa shape index (κ1) is 12.7. The van der Waals surface area contributed by atoms with Gasteiger partial charge in [0.25, 0.3) is 0 Å². The number of pyridine rings is 1. The van der Waals surface area contributed by atoms with Crippen LogP contribution in [0.15, 0.2) is 46.5 Å². The predicted molar refractivity (Wildman–Crippen MR) is 72.7 cm³/mol. The second-order valence-corrected chi connectivity index (χ2v) is 4.95. The largest absolute Gasteiger partial charge is 0.399 e. The standard InChI is InChI=1S/C12H10ClN3OS/c13-9-2-1-5-16-12(9)18-10-4-3-7(14)6-8(10)11(15)17/h1-6H,14H2,(H2,15,17). The summed E-state index contributed by atoms with van der Waals surface area (Å²) in [5.41, 5.74) is 11.8. The molecular formula is C12H10ClN3OS. The zero-order chi connectivity index (χ0) is 13.1. The van der Waals surface area contributed by atoms with Crippen molar-refractivity contribution >= 4 is 35.0 Å². The van der Waals surface area contributed by atoms with Crippen LogP contribution in [-0.4, -0.2) is 10.9 Å². The molecule has 0 fully saturated rings. The van der Waals surface area contributed by atoms with E-state index in [9.17, 15) is 4.79 Å². The van der Waals surface area contributed by atoms with Crippen LogP contribution in [0.5, 0.6) is 0 Å². The van der Waals surface area contributed by atoms with Gasteiger partial charge in [-0.1, -0.05) is 23.4 Å². The lowest BCUT2D eigenvalue weighted by atomic mass is 10.2. The van der Waals surface area contributed by atoms with Gasteiger partial charge in [0.05, 0.1) is 10.6 Å². The minimum Gasteiger partial charge on any atom is -0.399 e. The number of hydrogen-bond acceptors (Lipinski definition) is 4. The number of hydrogen-bond donors (Lipinski definition) is 2. The van der Waals surface area contributed by atoms with Gasteiger partial charge in [-0.3, -0.25) is 4.79 Å². The third kappa shape index (κ3) is 2.75. The van der Waals surface area contributed by atoms with Gasteiger partial charge < -0.3 is 11.5 Å². The summed E-state index contributed by atoms with van der Waals surface area (Å²) in [4.78, 5) is 16.2. The number of primary amides is 1. The van der Waals surface area contributed by atoms with Crippen LogP contribution in [0.2, 0.25) is 5.02 Å². The summed E-state index contributed by atoms with van der Waals surface area (Å²) in [7, 11) is 0. The van der Waals surface area contributed by atoms with E-state index in [1.165, 1.54) is 11.8 Å². The Labute approximate surface area is 113 Å². The lowest BCUT2D eigenvalue weighted by Gasteiger charge is -2.07. The van der Waals surface area contributed by atoms with Crippen molar-refractivity contribution in [1.82, 2.24) is 4.98 Å². The number of anilines is 1. The molecule has 0 unspecified atom stereocenters. The first-order chi connectivity index (χ1) is 8.58. The highest BCUT2D eigenvalue weighted by atomic mass is 35.5. The molecule has 6 heteroatoms. The van der Waals surface area contributed by atoms with E-state index in [-0.39, 0.29) is 0 Å². The number of carbonyl (C=O) groups excluding carboxylic acids is 1. The highest BCUT2D eigenvalue weighted by molar-refractivity contribution is 7.99. The Bertz CT molecular complexity index is 604. The van der Waals surface area contributed by atoms with Crippen molar-refractivity contribution in [1.29, 1.82) is 0 Å². The molecule has 1 amide bonds. The number of nitrogen functional groups attached to an aromatic ring is 1. The van der Waals surface area contributed by atoms with Crippen LogP contribution in [0.3, 0.4) is 0 Å². The van der Waals surface area contributed by atoms with Crippen molar-refractivity contribution in [3.05, 3.63) is 47.1 Å². The van der Waals surface area contributed by atoms with Crippen molar-refractivity contribution in [3.63, 3.8) is 0 Å². The Hall–Kier alpha value is -1.72. The highest BCUT2D eigenvalue weighted by Crippen LogP contribution is 2.33. The molecule has 1 heterocycles. The molecule has 2 rings (SSSR count). The smallest absolute Gasteiger partial charge is 0.249 e. The second-order valence-electron chi connectivity index (χ2n) is 3.51. The van der Waals surface area contributed by atoms with Gasteiger partial charge >= 0.3 is 0 Å². The van der Waals surface area contributed by atoms with Gasteiger partial charge in [0.1, 0.15) is 5.03 Å². The van der Waals surface area contributed by atoms with Crippen molar-refractivity contribution in [2.45, 2.75) is 9.92 Å². The van der Waals surface area contributed by atoms with E-state index in [4.69, 9.17) is 23.1 Å². The Kier molecular flexibility index (Phi) is 3.74. The summed E-state index contributed by atoms with van der Waals surface area (Å²) in [6, 6.07) is 8.45. The van der Waals surface area contributed by atoms with E-state index in [0.717, 1.165) is 0 Å². The topological polar surface area (TPSA) is 82.0 Å². The Morgan fingerprint density at radius 1 is 1.33 bits per heavy atom. The quantitative estimate of drug-likeness (QED) is 0.846. The fourth-order valence-electron chi connectivity index (χ4n) is 1.38. The van der Waals surface area contributed by atoms with Gasteiger partial charge in [-0.25, -0.2) is 4.98 Å². The molecule has 92 valence electrons. The molecule has 0 aliphatic carbocycles. The maximum atomic E-state index is 11.3. The number of nitrogens with two attached hydrogens (primary N) is 2. The molecule has 0 saturated heterocycles. The van der Waals surface area contributed by atoms with Gasteiger partial charge in [-0.05, 0) is 30.3 Å². The van der Waals surface area contributed by atoms with E-state index >= 15 is 0 Å². The molecule has 0 radical (unpaired) electrons. The van der Waals surface area contributed by atoms with Crippen LogP contribution in [0, 0.1) is 0 Å². The fourth-order valence-corrected chi connectivity index (χ4v) is 2.51. The van der Waals surface area contributed by atoms with Crippen LogP contribution >= 0.6 is 23.4 Å². The molecule has 4 N–H and O–H groups in total. The molecule has 0 bridgehead atoms. The summed E-state index contributed by atoms with van der Waals surface area (Å²) in [5.74, 6) is -0.531. The van der Waals surface area contributed by atoms with Crippen molar-refractivity contribution in [3.8, 4) is 0 Å². The van der Waals surface area contributed by atoms with E-state index in [0.29, 0.717) is 26.2 Å². The summed E-state index contributed by atoms with van der Waals surface area (Å²) < 4.78 is 0. The maximum Gasteiger partial charge on any atom is 0.249 e. The SMILES string of the molecule is NC(=O)c1cc(N)ccc1Sc1ncccc1Cl. The van der Waals surface area contributed by atoms with Crippen molar-refractivity contribution in [2.24, 2.45) is 5.73 Å².